The van der Waals surface area contributed by atoms with Crippen LogP contribution in [-0.2, 0) is 11.2 Å². The highest BCUT2D eigenvalue weighted by Gasteiger charge is 2.45. The Labute approximate surface area is 210 Å². The minimum Gasteiger partial charge on any atom is -0.489 e. The van der Waals surface area contributed by atoms with Crippen molar-refractivity contribution >= 4 is 46.0 Å². The van der Waals surface area contributed by atoms with Crippen LogP contribution >= 0.6 is 34.2 Å². The summed E-state index contributed by atoms with van der Waals surface area (Å²) in [6.07, 6.45) is 5.08. The van der Waals surface area contributed by atoms with Crippen molar-refractivity contribution in [2.45, 2.75) is 30.8 Å². The third-order valence-electron chi connectivity index (χ3n) is 5.41. The van der Waals surface area contributed by atoms with E-state index >= 15 is 0 Å². The number of ether oxygens (including phenoxy) is 2. The lowest BCUT2D eigenvalue weighted by Gasteiger charge is -2.21. The number of hydrogen-bond acceptors (Lipinski definition) is 5. The molecule has 2 bridgehead atoms. The Morgan fingerprint density at radius 1 is 1.15 bits per heavy atom. The van der Waals surface area contributed by atoms with E-state index in [9.17, 15) is 14.9 Å². The predicted octanol–water partition coefficient (Wildman–Crippen LogP) is 3.79. The molecule has 5 rings (SSSR count). The van der Waals surface area contributed by atoms with Crippen molar-refractivity contribution in [1.82, 2.24) is 10.6 Å². The molecule has 0 radical (unpaired) electrons. The highest BCUT2D eigenvalue weighted by Crippen LogP contribution is 2.34. The summed E-state index contributed by atoms with van der Waals surface area (Å²) in [4.78, 5) is 26.3. The van der Waals surface area contributed by atoms with E-state index in [1.54, 1.807) is 18.2 Å². The zero-order valence-corrected chi connectivity index (χ0v) is 20.5. The average molecular weight is 578 g/mol. The van der Waals surface area contributed by atoms with E-state index in [1.165, 1.54) is 6.07 Å². The van der Waals surface area contributed by atoms with Crippen molar-refractivity contribution in [2.75, 3.05) is 13.2 Å². The van der Waals surface area contributed by atoms with Gasteiger partial charge in [-0.15, -0.1) is 0 Å². The number of nitrogens with zero attached hydrogens (tertiary/aromatic N) is 1. The lowest BCUT2D eigenvalue weighted by molar-refractivity contribution is -0.123. The van der Waals surface area contributed by atoms with Crippen molar-refractivity contribution in [3.8, 4) is 17.6 Å². The first-order valence-electron chi connectivity index (χ1n) is 10.4. The number of nitrogens with one attached hydrogen (secondary N) is 2. The summed E-state index contributed by atoms with van der Waals surface area (Å²) in [5, 5.41) is 15.4. The molecule has 33 heavy (non-hydrogen) atoms. The minimum absolute atomic E-state index is 0.225. The van der Waals surface area contributed by atoms with Gasteiger partial charge in [0.2, 0.25) is 5.91 Å². The van der Waals surface area contributed by atoms with Gasteiger partial charge in [-0.25, -0.2) is 0 Å². The number of benzene rings is 2. The second-order valence-corrected chi connectivity index (χ2v) is 9.51. The van der Waals surface area contributed by atoms with Crippen LogP contribution in [0.15, 0.2) is 48.6 Å². The van der Waals surface area contributed by atoms with Gasteiger partial charge in [-0.1, -0.05) is 17.7 Å². The lowest BCUT2D eigenvalue weighted by atomic mass is 10.0. The Bertz CT molecular complexity index is 1160. The van der Waals surface area contributed by atoms with Gasteiger partial charge in [-0.3, -0.25) is 9.59 Å². The number of amides is 2. The maximum Gasteiger partial charge on any atom is 0.255 e. The van der Waals surface area contributed by atoms with Gasteiger partial charge in [0.1, 0.15) is 36.3 Å². The Morgan fingerprint density at radius 3 is 2.52 bits per heavy atom. The molecule has 7 nitrogen and oxygen atoms in total. The molecular weight excluding hydrogens is 557 g/mol. The SMILES string of the molecule is N#CC1(NC(=O)[C@@H]2Cc3ccc(c(I)c3)OC/C=C\COc3ccc(Cl)cc3C(=O)N2)CC1. The molecule has 3 aliphatic rings. The van der Waals surface area contributed by atoms with Crippen molar-refractivity contribution in [1.29, 1.82) is 5.26 Å². The molecule has 2 aromatic rings. The lowest BCUT2D eigenvalue weighted by Crippen LogP contribution is -2.51. The predicted molar refractivity (Wildman–Crippen MR) is 131 cm³/mol. The summed E-state index contributed by atoms with van der Waals surface area (Å²) in [6.45, 7) is 0.601. The van der Waals surface area contributed by atoms with E-state index in [1.807, 2.05) is 24.3 Å². The van der Waals surface area contributed by atoms with Gasteiger partial charge in [0.25, 0.3) is 5.91 Å². The van der Waals surface area contributed by atoms with Crippen LogP contribution in [0.2, 0.25) is 5.02 Å². The minimum atomic E-state index is -0.898. The number of carbonyl (C=O) groups is 2. The summed E-state index contributed by atoms with van der Waals surface area (Å²) in [7, 11) is 0. The molecule has 2 amide bonds. The van der Waals surface area contributed by atoms with Crippen molar-refractivity contribution in [3.05, 3.63) is 68.3 Å². The maximum atomic E-state index is 13.2. The van der Waals surface area contributed by atoms with Crippen LogP contribution in [0.25, 0.3) is 0 Å². The standard InChI is InChI=1S/C24H21ClIN3O4/c25-16-4-6-20-17(13-16)22(30)28-19(23(31)29-24(14-27)7-8-24)12-15-3-5-21(18(26)11-15)33-10-2-1-9-32-20/h1-6,11,13,19H,7-10,12H2,(H,28,30)(H,29,31)/b2-1-/t19-/m0/s1. The first-order chi connectivity index (χ1) is 15.9. The van der Waals surface area contributed by atoms with E-state index in [4.69, 9.17) is 21.1 Å². The van der Waals surface area contributed by atoms with Crippen molar-refractivity contribution in [2.24, 2.45) is 0 Å². The smallest absolute Gasteiger partial charge is 0.255 e. The number of fused-ring (bicyclic) bond motifs is 9. The normalized spacial score (nSPS) is 20.3. The Morgan fingerprint density at radius 2 is 1.85 bits per heavy atom. The Hall–Kier alpha value is -2.77. The summed E-state index contributed by atoms with van der Waals surface area (Å²) >= 11 is 8.31. The molecule has 9 heteroatoms. The van der Waals surface area contributed by atoms with Gasteiger partial charge in [-0.05, 0) is 83.5 Å². The van der Waals surface area contributed by atoms with Crippen LogP contribution < -0.4 is 20.1 Å². The Kier molecular flexibility index (Phi) is 7.10. The average Bonchev–Trinajstić information content (AvgIpc) is 3.56. The molecule has 0 spiro atoms. The first kappa shape index (κ1) is 23.4. The highest BCUT2D eigenvalue weighted by atomic mass is 127. The van der Waals surface area contributed by atoms with E-state index in [2.05, 4.69) is 39.3 Å². The zero-order chi connectivity index (χ0) is 23.4. The Balaban J connectivity index is 1.67. The fourth-order valence-corrected chi connectivity index (χ4v) is 4.31. The highest BCUT2D eigenvalue weighted by molar-refractivity contribution is 14.1. The molecule has 1 saturated carbocycles. The van der Waals surface area contributed by atoms with E-state index in [-0.39, 0.29) is 18.6 Å². The molecule has 2 N–H and O–H groups in total. The summed E-state index contributed by atoms with van der Waals surface area (Å²) < 4.78 is 12.4. The molecule has 0 aromatic heterocycles. The van der Waals surface area contributed by atoms with Gasteiger partial charge >= 0.3 is 0 Å². The second-order valence-electron chi connectivity index (χ2n) is 7.91. The fourth-order valence-electron chi connectivity index (χ4n) is 3.40. The molecule has 0 saturated heterocycles. The van der Waals surface area contributed by atoms with Gasteiger partial charge in [0.05, 0.1) is 15.2 Å². The largest absolute Gasteiger partial charge is 0.489 e. The van der Waals surface area contributed by atoms with Crippen molar-refractivity contribution in [3.63, 3.8) is 0 Å². The third kappa shape index (κ3) is 5.78. The quantitative estimate of drug-likeness (QED) is 0.418. The van der Waals surface area contributed by atoms with Gasteiger partial charge < -0.3 is 20.1 Å². The van der Waals surface area contributed by atoms with Crippen molar-refractivity contribution < 1.29 is 19.1 Å². The number of nitriles is 1. The number of rotatable bonds is 2. The summed E-state index contributed by atoms with van der Waals surface area (Å²) in [6, 6.07) is 11.6. The molecule has 2 heterocycles. The summed E-state index contributed by atoms with van der Waals surface area (Å²) in [5.41, 5.74) is 0.224. The monoisotopic (exact) mass is 577 g/mol. The molecule has 1 atom stereocenters. The topological polar surface area (TPSA) is 100 Å². The molecule has 170 valence electrons. The first-order valence-corrected chi connectivity index (χ1v) is 11.9. The molecule has 1 fully saturated rings. The number of hydrogen-bond donors (Lipinski definition) is 2. The molecule has 2 aromatic carbocycles. The van der Waals surface area contributed by atoms with Crippen LogP contribution in [0, 0.1) is 14.9 Å². The maximum absolute atomic E-state index is 13.2. The molecule has 2 aliphatic heterocycles. The van der Waals surface area contributed by atoms with Crippen LogP contribution in [0.5, 0.6) is 11.5 Å². The second kappa shape index (κ2) is 10.0. The van der Waals surface area contributed by atoms with Crippen LogP contribution in [-0.4, -0.2) is 36.6 Å². The zero-order valence-electron chi connectivity index (χ0n) is 17.6. The number of carbonyl (C=O) groups excluding carboxylic acids is 2. The molecular formula is C24H21ClIN3O4. The molecule has 1 aliphatic carbocycles. The van der Waals surface area contributed by atoms with E-state index < -0.39 is 23.4 Å². The van der Waals surface area contributed by atoms with Gasteiger partial charge in [0, 0.05) is 11.4 Å². The fraction of sp³-hybridized carbons (Fsp3) is 0.292. The van der Waals surface area contributed by atoms with Crippen LogP contribution in [0.3, 0.4) is 0 Å². The van der Waals surface area contributed by atoms with Crippen LogP contribution in [0.4, 0.5) is 0 Å². The number of halogens is 2. The summed E-state index contributed by atoms with van der Waals surface area (Å²) in [5.74, 6) is 0.178. The van der Waals surface area contributed by atoms with Gasteiger partial charge in [0.15, 0.2) is 0 Å². The van der Waals surface area contributed by atoms with E-state index in [0.29, 0.717) is 30.2 Å². The van der Waals surface area contributed by atoms with Crippen LogP contribution in [0.1, 0.15) is 28.8 Å². The molecule has 0 unspecified atom stereocenters. The van der Waals surface area contributed by atoms with Gasteiger partial charge in [-0.2, -0.15) is 5.26 Å². The van der Waals surface area contributed by atoms with E-state index in [0.717, 1.165) is 14.9 Å². The third-order valence-corrected chi connectivity index (χ3v) is 6.49.